The third-order valence-corrected chi connectivity index (χ3v) is 7.32. The summed E-state index contributed by atoms with van der Waals surface area (Å²) in [6.45, 7) is 13.9. The summed E-state index contributed by atoms with van der Waals surface area (Å²) < 4.78 is 25.6. The number of nitro benzene ring substituents is 2. The van der Waals surface area contributed by atoms with Crippen LogP contribution in [0.2, 0.25) is 0 Å². The molecular formula is C24H36N6O7S2. The molecule has 0 aliphatic heterocycles. The number of ketones is 1. The molecule has 216 valence electrons. The molecule has 2 aromatic rings. The van der Waals surface area contributed by atoms with Gasteiger partial charge >= 0.3 is 0 Å². The van der Waals surface area contributed by atoms with Gasteiger partial charge in [-0.15, -0.1) is 0 Å². The summed E-state index contributed by atoms with van der Waals surface area (Å²) in [5.74, 6) is -0.219. The SMILES string of the molecule is CC(=N[S@@](=O)C(C)(C)C)c1ccc(N)c([N+](=O)[O-])c1.CC(=O)c1ccc(N)c([N+](=O)[O-])c1.CC(C)(C)[S@@](N)=O. The number of rotatable bonds is 5. The Bertz CT molecular complexity index is 1300. The largest absolute Gasteiger partial charge is 0.393 e. The fourth-order valence-electron chi connectivity index (χ4n) is 2.16. The molecule has 0 amide bonds. The third kappa shape index (κ3) is 12.2. The van der Waals surface area contributed by atoms with Crippen LogP contribution in [0.15, 0.2) is 40.8 Å². The van der Waals surface area contributed by atoms with Gasteiger partial charge in [0.15, 0.2) is 5.78 Å². The highest BCUT2D eigenvalue weighted by molar-refractivity contribution is 7.85. The summed E-state index contributed by atoms with van der Waals surface area (Å²) >= 11 is 0. The van der Waals surface area contributed by atoms with E-state index in [2.05, 4.69) is 4.40 Å². The molecule has 0 unspecified atom stereocenters. The van der Waals surface area contributed by atoms with Crippen molar-refractivity contribution in [1.82, 2.24) is 0 Å². The number of hydrogen-bond donors (Lipinski definition) is 3. The van der Waals surface area contributed by atoms with E-state index in [9.17, 15) is 33.4 Å². The minimum absolute atomic E-state index is 0.0648. The molecule has 0 bridgehead atoms. The lowest BCUT2D eigenvalue weighted by atomic mass is 10.1. The molecule has 2 aromatic carbocycles. The number of benzene rings is 2. The zero-order chi connectivity index (χ0) is 30.9. The van der Waals surface area contributed by atoms with Gasteiger partial charge in [-0.05, 0) is 73.6 Å². The van der Waals surface area contributed by atoms with Gasteiger partial charge in [-0.3, -0.25) is 30.2 Å². The number of nitro groups is 2. The van der Waals surface area contributed by atoms with Crippen molar-refractivity contribution in [2.45, 2.75) is 64.9 Å². The van der Waals surface area contributed by atoms with Crippen LogP contribution >= 0.6 is 0 Å². The number of nitrogens with two attached hydrogens (primary N) is 3. The van der Waals surface area contributed by atoms with Gasteiger partial charge in [-0.25, -0.2) is 8.42 Å². The van der Waals surface area contributed by atoms with Gasteiger partial charge in [0.1, 0.15) is 22.4 Å². The number of carbonyl (C=O) groups is 1. The summed E-state index contributed by atoms with van der Waals surface area (Å²) in [6.07, 6.45) is 0. The Morgan fingerprint density at radius 1 is 0.795 bits per heavy atom. The van der Waals surface area contributed by atoms with Gasteiger partial charge in [-0.2, -0.15) is 4.40 Å². The number of nitrogen functional groups attached to an aromatic ring is 2. The van der Waals surface area contributed by atoms with Crippen LogP contribution in [0.5, 0.6) is 0 Å². The second kappa shape index (κ2) is 14.6. The quantitative estimate of drug-likeness (QED) is 0.150. The predicted octanol–water partition coefficient (Wildman–Crippen LogP) is 4.24. The highest BCUT2D eigenvalue weighted by Crippen LogP contribution is 2.24. The minimum Gasteiger partial charge on any atom is -0.393 e. The van der Waals surface area contributed by atoms with Gasteiger partial charge in [0, 0.05) is 23.3 Å². The summed E-state index contributed by atoms with van der Waals surface area (Å²) in [5, 5.41) is 26.3. The third-order valence-electron chi connectivity index (χ3n) is 4.63. The average molecular weight is 585 g/mol. The van der Waals surface area contributed by atoms with Crippen LogP contribution in [0, 0.1) is 20.2 Å². The number of hydrogen-bond acceptors (Lipinski definition) is 9. The topological polar surface area (TPSA) is 228 Å². The Hall–Kier alpha value is -3.56. The van der Waals surface area contributed by atoms with Gasteiger partial charge in [0.05, 0.1) is 36.0 Å². The maximum atomic E-state index is 11.9. The van der Waals surface area contributed by atoms with Crippen LogP contribution in [0.25, 0.3) is 0 Å². The summed E-state index contributed by atoms with van der Waals surface area (Å²) in [4.78, 5) is 30.9. The van der Waals surface area contributed by atoms with E-state index in [1.807, 2.05) is 41.5 Å². The van der Waals surface area contributed by atoms with Gasteiger partial charge in [0.2, 0.25) is 0 Å². The molecule has 0 heterocycles. The first-order valence-corrected chi connectivity index (χ1v) is 13.6. The van der Waals surface area contributed by atoms with E-state index < -0.39 is 36.6 Å². The van der Waals surface area contributed by atoms with Crippen molar-refractivity contribution in [1.29, 1.82) is 0 Å². The van der Waals surface area contributed by atoms with E-state index in [1.165, 1.54) is 37.3 Å². The van der Waals surface area contributed by atoms with E-state index in [4.69, 9.17) is 16.6 Å². The Balaban J connectivity index is 0.000000622. The molecule has 39 heavy (non-hydrogen) atoms. The predicted molar refractivity (Wildman–Crippen MR) is 157 cm³/mol. The first-order chi connectivity index (χ1) is 17.6. The Morgan fingerprint density at radius 2 is 1.15 bits per heavy atom. The lowest BCUT2D eigenvalue weighted by Gasteiger charge is -2.14. The van der Waals surface area contributed by atoms with Crippen LogP contribution in [-0.4, -0.2) is 39.3 Å². The van der Waals surface area contributed by atoms with Crippen LogP contribution < -0.4 is 16.6 Å². The molecule has 0 spiro atoms. The van der Waals surface area contributed by atoms with E-state index >= 15 is 0 Å². The Kier molecular flexibility index (Phi) is 13.2. The first kappa shape index (κ1) is 35.4. The maximum Gasteiger partial charge on any atom is 0.292 e. The normalized spacial score (nSPS) is 13.1. The van der Waals surface area contributed by atoms with Gasteiger partial charge < -0.3 is 11.5 Å². The van der Waals surface area contributed by atoms with E-state index in [1.54, 1.807) is 13.0 Å². The van der Waals surface area contributed by atoms with Crippen molar-refractivity contribution in [3.63, 3.8) is 0 Å². The highest BCUT2D eigenvalue weighted by atomic mass is 32.2. The van der Waals surface area contributed by atoms with Crippen LogP contribution in [0.3, 0.4) is 0 Å². The fraction of sp³-hybridized carbons (Fsp3) is 0.417. The molecule has 0 aromatic heterocycles. The Labute approximate surface area is 232 Å². The van der Waals surface area contributed by atoms with Crippen molar-refractivity contribution in [3.05, 3.63) is 67.8 Å². The Morgan fingerprint density at radius 3 is 1.46 bits per heavy atom. The van der Waals surface area contributed by atoms with Crippen molar-refractivity contribution in [2.24, 2.45) is 9.54 Å². The second-order valence-corrected chi connectivity index (χ2v) is 13.8. The average Bonchev–Trinajstić information content (AvgIpc) is 2.78. The van der Waals surface area contributed by atoms with Crippen molar-refractivity contribution >= 4 is 56.2 Å². The molecule has 0 saturated carbocycles. The second-order valence-electron chi connectivity index (χ2n) is 10.1. The van der Waals surface area contributed by atoms with Crippen molar-refractivity contribution in [2.75, 3.05) is 11.5 Å². The molecule has 13 nitrogen and oxygen atoms in total. The number of Topliss-reactive ketones (excluding diaryl/α,β-unsaturated/α-hetero) is 1. The number of carbonyl (C=O) groups excluding carboxylic acids is 1. The van der Waals surface area contributed by atoms with Gasteiger partial charge in [0.25, 0.3) is 11.4 Å². The monoisotopic (exact) mass is 584 g/mol. The molecule has 15 heteroatoms. The van der Waals surface area contributed by atoms with Crippen molar-refractivity contribution in [3.8, 4) is 0 Å². The standard InChI is InChI=1S/C12H17N3O3S.C8H8N2O3.C4H11NOS/c1-8(14-19(18)12(2,3)4)9-5-6-10(13)11(7-9)15(16)17;1-5(11)6-2-3-7(9)8(4-6)10(12)13;1-4(2,3)7(5)6/h5-7H,13H2,1-4H3;2-4H,9H2,1H3;5H2,1-3H3/t19-;;7-/m0.0/s1. The van der Waals surface area contributed by atoms with Crippen LogP contribution in [0.1, 0.15) is 71.3 Å². The zero-order valence-electron chi connectivity index (χ0n) is 23.2. The lowest BCUT2D eigenvalue weighted by Crippen LogP contribution is -2.27. The molecule has 0 radical (unpaired) electrons. The smallest absolute Gasteiger partial charge is 0.292 e. The summed E-state index contributed by atoms with van der Waals surface area (Å²) in [7, 11) is -2.59. The first-order valence-electron chi connectivity index (χ1n) is 11.3. The molecule has 0 aliphatic carbocycles. The number of anilines is 2. The van der Waals surface area contributed by atoms with E-state index in [-0.39, 0.29) is 33.3 Å². The zero-order valence-corrected chi connectivity index (χ0v) is 24.8. The molecule has 0 fully saturated rings. The summed E-state index contributed by atoms with van der Waals surface area (Å²) in [5.41, 5.74) is 11.9. The molecule has 0 aliphatic rings. The van der Waals surface area contributed by atoms with Crippen molar-refractivity contribution < 1.29 is 23.1 Å². The molecular weight excluding hydrogens is 548 g/mol. The lowest BCUT2D eigenvalue weighted by molar-refractivity contribution is -0.384. The summed E-state index contributed by atoms with van der Waals surface area (Å²) in [6, 6.07) is 8.42. The number of nitrogens with zero attached hydrogens (tertiary/aromatic N) is 3. The molecule has 2 atom stereocenters. The van der Waals surface area contributed by atoms with Crippen LogP contribution in [-0.2, 0) is 22.0 Å². The van der Waals surface area contributed by atoms with E-state index in [0.717, 1.165) is 0 Å². The molecule has 6 N–H and O–H groups in total. The highest BCUT2D eigenvalue weighted by Gasteiger charge is 2.20. The fourth-order valence-corrected chi connectivity index (χ4v) is 2.79. The maximum absolute atomic E-state index is 11.9. The van der Waals surface area contributed by atoms with Crippen LogP contribution in [0.4, 0.5) is 22.7 Å². The van der Waals surface area contributed by atoms with E-state index in [0.29, 0.717) is 16.8 Å². The minimum atomic E-state index is -1.40. The molecule has 2 rings (SSSR count). The molecule has 0 saturated heterocycles. The van der Waals surface area contributed by atoms with Gasteiger partial charge in [-0.1, -0.05) is 6.07 Å².